The highest BCUT2D eigenvalue weighted by Gasteiger charge is 2.39. The summed E-state index contributed by atoms with van der Waals surface area (Å²) in [5, 5.41) is 5.87. The molecule has 2 aromatic carbocycles. The third-order valence-corrected chi connectivity index (χ3v) is 6.74. The van der Waals surface area contributed by atoms with Gasteiger partial charge < -0.3 is 20.4 Å². The van der Waals surface area contributed by atoms with Gasteiger partial charge in [-0.25, -0.2) is 0 Å². The molecule has 11 heteroatoms. The molecule has 3 heterocycles. The van der Waals surface area contributed by atoms with Crippen LogP contribution < -0.4 is 16.4 Å². The Morgan fingerprint density at radius 2 is 2.06 bits per heavy atom. The number of anilines is 1. The first-order valence-electron chi connectivity index (χ1n) is 11.3. The molecule has 1 atom stereocenters. The molecular weight excluding hydrogens is 486 g/mol. The van der Waals surface area contributed by atoms with E-state index in [-0.39, 0.29) is 42.2 Å². The zero-order valence-corrected chi connectivity index (χ0v) is 20.0. The molecule has 0 saturated carbocycles. The summed E-state index contributed by atoms with van der Waals surface area (Å²) >= 11 is 6.22. The van der Waals surface area contributed by atoms with Crippen molar-refractivity contribution in [3.63, 3.8) is 0 Å². The van der Waals surface area contributed by atoms with Crippen LogP contribution in [0.2, 0.25) is 5.02 Å². The van der Waals surface area contributed by atoms with Crippen LogP contribution in [0.5, 0.6) is 0 Å². The van der Waals surface area contributed by atoms with E-state index in [0.29, 0.717) is 29.1 Å². The topological polar surface area (TPSA) is 148 Å². The van der Waals surface area contributed by atoms with Gasteiger partial charge in [0.2, 0.25) is 17.6 Å². The van der Waals surface area contributed by atoms with Crippen molar-refractivity contribution in [2.45, 2.75) is 38.9 Å². The van der Waals surface area contributed by atoms with Crippen molar-refractivity contribution in [3.05, 3.63) is 69.4 Å². The number of nitrogens with zero attached hydrogens (tertiary/aromatic N) is 2. The molecule has 36 heavy (non-hydrogen) atoms. The molecule has 1 unspecified atom stereocenters. The minimum absolute atomic E-state index is 0.0862. The number of piperidine rings is 1. The molecule has 0 radical (unpaired) electrons. The smallest absolute Gasteiger partial charge is 0.296 e. The Bertz CT molecular complexity index is 1430. The highest BCUT2D eigenvalue weighted by molar-refractivity contribution is 6.31. The molecule has 2 aliphatic heterocycles. The number of hydrogen-bond donors (Lipinski definition) is 3. The van der Waals surface area contributed by atoms with E-state index in [0.717, 1.165) is 16.7 Å². The van der Waals surface area contributed by atoms with Crippen LogP contribution in [0.3, 0.4) is 0 Å². The molecule has 1 fully saturated rings. The van der Waals surface area contributed by atoms with E-state index < -0.39 is 17.9 Å². The number of aryl methyl sites for hydroxylation is 1. The van der Waals surface area contributed by atoms with Crippen LogP contribution in [0.4, 0.5) is 6.01 Å². The largest absolute Gasteiger partial charge is 0.418 e. The zero-order chi connectivity index (χ0) is 25.6. The Labute approximate surface area is 210 Å². The second kappa shape index (κ2) is 9.12. The van der Waals surface area contributed by atoms with Crippen LogP contribution >= 0.6 is 11.6 Å². The maximum atomic E-state index is 12.9. The molecule has 3 aromatic rings. The Morgan fingerprint density at radius 1 is 1.25 bits per heavy atom. The highest BCUT2D eigenvalue weighted by Crippen LogP contribution is 2.31. The quantitative estimate of drug-likeness (QED) is 0.434. The molecule has 1 saturated heterocycles. The van der Waals surface area contributed by atoms with Crippen LogP contribution in [0.15, 0.2) is 40.8 Å². The molecule has 0 spiro atoms. The lowest BCUT2D eigenvalue weighted by Crippen LogP contribution is -2.52. The molecule has 1 aromatic heterocycles. The minimum atomic E-state index is -0.758. The van der Waals surface area contributed by atoms with Gasteiger partial charge in [-0.15, -0.1) is 0 Å². The molecule has 0 aliphatic carbocycles. The number of benzene rings is 2. The van der Waals surface area contributed by atoms with E-state index in [1.165, 1.54) is 4.90 Å². The Balaban J connectivity index is 1.32. The van der Waals surface area contributed by atoms with E-state index in [2.05, 4.69) is 15.6 Å². The number of carbonyl (C=O) groups is 4. The number of nitrogens with one attached hydrogen (secondary N) is 2. The number of primary amides is 1. The van der Waals surface area contributed by atoms with Crippen molar-refractivity contribution >= 4 is 41.2 Å². The normalized spacial score (nSPS) is 17.2. The zero-order valence-electron chi connectivity index (χ0n) is 19.3. The summed E-state index contributed by atoms with van der Waals surface area (Å²) in [7, 11) is 0. The molecular formula is C25H22ClN5O5. The summed E-state index contributed by atoms with van der Waals surface area (Å²) in [4.78, 5) is 54.4. The number of fused-ring (bicyclic) bond motifs is 1. The molecule has 2 aliphatic rings. The predicted octanol–water partition coefficient (Wildman–Crippen LogP) is 2.78. The number of halogens is 1. The summed E-state index contributed by atoms with van der Waals surface area (Å²) < 4.78 is 5.57. The summed E-state index contributed by atoms with van der Waals surface area (Å²) in [5.74, 6) is -1.86. The van der Waals surface area contributed by atoms with Crippen molar-refractivity contribution < 1.29 is 23.6 Å². The van der Waals surface area contributed by atoms with Gasteiger partial charge in [0, 0.05) is 35.7 Å². The lowest BCUT2D eigenvalue weighted by molar-refractivity contribution is -0.136. The van der Waals surface area contributed by atoms with Gasteiger partial charge in [-0.3, -0.25) is 24.5 Å². The third kappa shape index (κ3) is 4.31. The lowest BCUT2D eigenvalue weighted by atomic mass is 10.0. The first kappa shape index (κ1) is 23.6. The predicted molar refractivity (Wildman–Crippen MR) is 130 cm³/mol. The van der Waals surface area contributed by atoms with Crippen LogP contribution in [-0.4, -0.2) is 39.6 Å². The number of amides is 4. The number of carbonyl (C=O) groups excluding carboxylic acids is 4. The summed E-state index contributed by atoms with van der Waals surface area (Å²) in [5.41, 5.74) is 9.40. The fourth-order valence-electron chi connectivity index (χ4n) is 4.41. The minimum Gasteiger partial charge on any atom is -0.418 e. The number of imide groups is 1. The first-order valence-corrected chi connectivity index (χ1v) is 11.7. The standard InChI is InChI=1S/C25H22ClN5O5/c1-12-2-4-14(9-17(12)26)20-21(22(27)33)36-25(30-20)28-10-13-3-5-16-15(8-13)11-31(24(16)35)18-6-7-19(32)29-23(18)34/h2-5,8-9,18H,6-7,10-11H2,1H3,(H2,27,33)(H,28,30)(H,29,32,34). The Morgan fingerprint density at radius 3 is 2.78 bits per heavy atom. The van der Waals surface area contributed by atoms with E-state index >= 15 is 0 Å². The lowest BCUT2D eigenvalue weighted by Gasteiger charge is -2.29. The van der Waals surface area contributed by atoms with Gasteiger partial charge in [0.05, 0.1) is 0 Å². The van der Waals surface area contributed by atoms with Crippen LogP contribution in [0.25, 0.3) is 11.3 Å². The average Bonchev–Trinajstić information content (AvgIpc) is 3.41. The van der Waals surface area contributed by atoms with Crippen molar-refractivity contribution in [1.29, 1.82) is 0 Å². The fraction of sp³-hybridized carbons (Fsp3) is 0.240. The number of hydrogen-bond acceptors (Lipinski definition) is 7. The Kier molecular flexibility index (Phi) is 5.97. The van der Waals surface area contributed by atoms with Gasteiger partial charge in [-0.1, -0.05) is 35.9 Å². The van der Waals surface area contributed by atoms with Gasteiger partial charge in [0.25, 0.3) is 17.8 Å². The van der Waals surface area contributed by atoms with Crippen LogP contribution in [-0.2, 0) is 22.7 Å². The summed E-state index contributed by atoms with van der Waals surface area (Å²) in [6, 6.07) is 10.1. The van der Waals surface area contributed by atoms with Crippen LogP contribution in [0.1, 0.15) is 50.4 Å². The van der Waals surface area contributed by atoms with Crippen LogP contribution in [0, 0.1) is 6.92 Å². The molecule has 184 valence electrons. The maximum Gasteiger partial charge on any atom is 0.296 e. The van der Waals surface area contributed by atoms with E-state index in [1.54, 1.807) is 24.3 Å². The molecule has 4 amide bonds. The maximum absolute atomic E-state index is 12.9. The van der Waals surface area contributed by atoms with Crippen molar-refractivity contribution in [2.75, 3.05) is 5.32 Å². The van der Waals surface area contributed by atoms with Gasteiger partial charge in [-0.2, -0.15) is 4.98 Å². The SMILES string of the molecule is Cc1ccc(-c2nc(NCc3ccc4c(c3)CN(C3CCC(=O)NC3=O)C4=O)oc2C(N)=O)cc1Cl. The first-order chi connectivity index (χ1) is 17.2. The fourth-order valence-corrected chi connectivity index (χ4v) is 4.59. The van der Waals surface area contributed by atoms with Gasteiger partial charge in [0.1, 0.15) is 11.7 Å². The van der Waals surface area contributed by atoms with E-state index in [9.17, 15) is 19.2 Å². The molecule has 10 nitrogen and oxygen atoms in total. The van der Waals surface area contributed by atoms with Crippen molar-refractivity contribution in [3.8, 4) is 11.3 Å². The molecule has 0 bridgehead atoms. The second-order valence-electron chi connectivity index (χ2n) is 8.77. The number of oxazole rings is 1. The van der Waals surface area contributed by atoms with Crippen molar-refractivity contribution in [2.24, 2.45) is 5.73 Å². The monoisotopic (exact) mass is 507 g/mol. The molecule has 4 N–H and O–H groups in total. The van der Waals surface area contributed by atoms with Crippen molar-refractivity contribution in [1.82, 2.24) is 15.2 Å². The second-order valence-corrected chi connectivity index (χ2v) is 9.18. The number of aromatic nitrogens is 1. The summed E-state index contributed by atoms with van der Waals surface area (Å²) in [6.45, 7) is 2.44. The van der Waals surface area contributed by atoms with Gasteiger partial charge in [0.15, 0.2) is 0 Å². The van der Waals surface area contributed by atoms with Gasteiger partial charge in [-0.05, 0) is 42.2 Å². The number of nitrogens with two attached hydrogens (primary N) is 1. The molecule has 5 rings (SSSR count). The van der Waals surface area contributed by atoms with Gasteiger partial charge >= 0.3 is 0 Å². The number of rotatable bonds is 6. The third-order valence-electron chi connectivity index (χ3n) is 6.33. The highest BCUT2D eigenvalue weighted by atomic mass is 35.5. The summed E-state index contributed by atoms with van der Waals surface area (Å²) in [6.07, 6.45) is 0.506. The van der Waals surface area contributed by atoms with E-state index in [4.69, 9.17) is 21.8 Å². The average molecular weight is 508 g/mol. The van der Waals surface area contributed by atoms with E-state index in [1.807, 2.05) is 19.1 Å². The Hall–Kier alpha value is -4.18.